The van der Waals surface area contributed by atoms with Gasteiger partial charge in [-0.3, -0.25) is 14.1 Å². The van der Waals surface area contributed by atoms with Crippen molar-refractivity contribution in [1.29, 1.82) is 0 Å². The normalized spacial score (nSPS) is 14.3. The monoisotopic (exact) mass is 624 g/mol. The average Bonchev–Trinajstić information content (AvgIpc) is 2.96. The molecule has 0 radical (unpaired) electrons. The lowest BCUT2D eigenvalue weighted by molar-refractivity contribution is -0.161. The maximum absolute atomic E-state index is 12.1. The first-order valence-electron chi connectivity index (χ1n) is 15.3. The topological polar surface area (TPSA) is 140 Å². The summed E-state index contributed by atoms with van der Waals surface area (Å²) in [6.07, 6.45) is 31.6. The molecule has 2 atom stereocenters. The number of aliphatic hydroxyl groups excluding tert-OH is 1. The predicted molar refractivity (Wildman–Crippen MR) is 171 cm³/mol. The van der Waals surface area contributed by atoms with Crippen molar-refractivity contribution < 1.29 is 43.0 Å². The van der Waals surface area contributed by atoms with Crippen LogP contribution < -0.4 is 0 Å². The predicted octanol–water partition coefficient (Wildman–Crippen LogP) is 7.36. The van der Waals surface area contributed by atoms with Crippen LogP contribution in [0.4, 0.5) is 0 Å². The van der Waals surface area contributed by atoms with Gasteiger partial charge in [-0.2, -0.15) is 0 Å². The Bertz CT molecular complexity index is 944. The third kappa shape index (κ3) is 30.7. The first kappa shape index (κ1) is 40.5. The second-order valence-corrected chi connectivity index (χ2v) is 11.1. The smallest absolute Gasteiger partial charge is 0.462 e. The van der Waals surface area contributed by atoms with Gasteiger partial charge in [0, 0.05) is 12.8 Å². The summed E-state index contributed by atoms with van der Waals surface area (Å²) in [6, 6.07) is 0. The SMILES string of the molecule is CC/C=C\C/C=C\C/C=C\C/C=C\C/C=C\C=C/C(O)CCC(=O)OC[C@H](COP(=O)(O)O)OC(=O)CCCCCCC. The molecule has 0 saturated heterocycles. The Balaban J connectivity index is 4.26. The minimum atomic E-state index is -4.79. The molecule has 0 aliphatic rings. The van der Waals surface area contributed by atoms with Crippen molar-refractivity contribution in [2.24, 2.45) is 0 Å². The van der Waals surface area contributed by atoms with Crippen LogP contribution in [0.1, 0.15) is 97.3 Å². The molecule has 0 heterocycles. The summed E-state index contributed by atoms with van der Waals surface area (Å²) in [7, 11) is -4.79. The maximum atomic E-state index is 12.1. The number of ether oxygens (including phenoxy) is 2. The molecule has 0 saturated carbocycles. The van der Waals surface area contributed by atoms with E-state index in [2.05, 4.69) is 67.0 Å². The van der Waals surface area contributed by atoms with Crippen LogP contribution in [0.15, 0.2) is 72.9 Å². The summed E-state index contributed by atoms with van der Waals surface area (Å²) >= 11 is 0. The number of esters is 2. The Morgan fingerprint density at radius 1 is 0.721 bits per heavy atom. The van der Waals surface area contributed by atoms with Gasteiger partial charge in [0.15, 0.2) is 6.10 Å². The minimum absolute atomic E-state index is 0.0887. The van der Waals surface area contributed by atoms with Gasteiger partial charge in [0.05, 0.1) is 12.7 Å². The number of phosphoric ester groups is 1. The summed E-state index contributed by atoms with van der Waals surface area (Å²) in [5.74, 6) is -1.19. The van der Waals surface area contributed by atoms with Crippen LogP contribution in [0, 0.1) is 0 Å². The van der Waals surface area contributed by atoms with E-state index in [1.165, 1.54) is 0 Å². The lowest BCUT2D eigenvalue weighted by Crippen LogP contribution is -2.29. The Labute approximate surface area is 258 Å². The van der Waals surface area contributed by atoms with Crippen LogP contribution >= 0.6 is 7.82 Å². The quantitative estimate of drug-likeness (QED) is 0.0296. The molecule has 0 bridgehead atoms. The summed E-state index contributed by atoms with van der Waals surface area (Å²) in [5.41, 5.74) is 0. The Morgan fingerprint density at radius 2 is 1.30 bits per heavy atom. The summed E-state index contributed by atoms with van der Waals surface area (Å²) in [5, 5.41) is 10.1. The van der Waals surface area contributed by atoms with Crippen molar-refractivity contribution in [2.75, 3.05) is 13.2 Å². The van der Waals surface area contributed by atoms with Crippen molar-refractivity contribution >= 4 is 19.8 Å². The van der Waals surface area contributed by atoms with Gasteiger partial charge in [0.25, 0.3) is 0 Å². The molecule has 0 aromatic heterocycles. The molecule has 9 nitrogen and oxygen atoms in total. The zero-order chi connectivity index (χ0) is 32.0. The Morgan fingerprint density at radius 3 is 1.88 bits per heavy atom. The second kappa shape index (κ2) is 28.2. The second-order valence-electron chi connectivity index (χ2n) is 9.90. The summed E-state index contributed by atoms with van der Waals surface area (Å²) in [4.78, 5) is 42.1. The maximum Gasteiger partial charge on any atom is 0.469 e. The summed E-state index contributed by atoms with van der Waals surface area (Å²) < 4.78 is 25.8. The standard InChI is InChI=1S/C33H53O9P/c1-3-5-7-9-10-11-12-13-14-15-16-17-18-19-21-22-24-30(34)26-27-32(35)40-28-31(29-41-43(37,38)39)42-33(36)25-23-20-8-6-4-2/h5,7,10-11,13-14,16-17,19,21-22,24,30-31,34H,3-4,6,8-9,12,15,18,20,23,25-29H2,1-2H3,(H2,37,38,39)/b7-5-,11-10-,14-13-,17-16-,21-19-,24-22-/t30?,31-/m1/s1. The van der Waals surface area contributed by atoms with Gasteiger partial charge in [-0.05, 0) is 44.9 Å². The van der Waals surface area contributed by atoms with Crippen molar-refractivity contribution in [1.82, 2.24) is 0 Å². The van der Waals surface area contributed by atoms with Crippen LogP contribution in [0.5, 0.6) is 0 Å². The van der Waals surface area contributed by atoms with E-state index in [4.69, 9.17) is 19.3 Å². The van der Waals surface area contributed by atoms with E-state index in [9.17, 15) is 19.3 Å². The number of hydrogen-bond donors (Lipinski definition) is 3. The number of aliphatic hydroxyl groups is 1. The minimum Gasteiger partial charge on any atom is -0.462 e. The fourth-order valence-electron chi connectivity index (χ4n) is 3.54. The number of rotatable bonds is 26. The molecule has 0 fully saturated rings. The number of carbonyl (C=O) groups is 2. The molecule has 0 aromatic carbocycles. The highest BCUT2D eigenvalue weighted by molar-refractivity contribution is 7.46. The van der Waals surface area contributed by atoms with Crippen LogP contribution in [0.3, 0.4) is 0 Å². The Hall–Kier alpha value is -2.55. The van der Waals surface area contributed by atoms with E-state index in [0.717, 1.165) is 57.8 Å². The highest BCUT2D eigenvalue weighted by Gasteiger charge is 2.23. The Kier molecular flexibility index (Phi) is 26.6. The molecule has 244 valence electrons. The number of phosphoric acid groups is 1. The third-order valence-electron chi connectivity index (χ3n) is 5.86. The fourth-order valence-corrected chi connectivity index (χ4v) is 3.90. The van der Waals surface area contributed by atoms with Crippen molar-refractivity contribution in [2.45, 2.75) is 110 Å². The first-order chi connectivity index (χ1) is 20.7. The van der Waals surface area contributed by atoms with Crippen LogP contribution in [0.2, 0.25) is 0 Å². The molecule has 3 N–H and O–H groups in total. The van der Waals surface area contributed by atoms with Gasteiger partial charge in [-0.15, -0.1) is 0 Å². The lowest BCUT2D eigenvalue weighted by atomic mass is 10.1. The van der Waals surface area contributed by atoms with E-state index < -0.39 is 45.2 Å². The highest BCUT2D eigenvalue weighted by atomic mass is 31.2. The molecule has 43 heavy (non-hydrogen) atoms. The molecular weight excluding hydrogens is 571 g/mol. The van der Waals surface area contributed by atoms with Gasteiger partial charge in [-0.1, -0.05) is 112 Å². The van der Waals surface area contributed by atoms with E-state index >= 15 is 0 Å². The largest absolute Gasteiger partial charge is 0.469 e. The van der Waals surface area contributed by atoms with E-state index in [0.29, 0.717) is 6.42 Å². The molecule has 0 aromatic rings. The number of unbranched alkanes of at least 4 members (excludes halogenated alkanes) is 4. The van der Waals surface area contributed by atoms with E-state index in [1.54, 1.807) is 12.2 Å². The third-order valence-corrected chi connectivity index (χ3v) is 6.34. The summed E-state index contributed by atoms with van der Waals surface area (Å²) in [6.45, 7) is 3.19. The van der Waals surface area contributed by atoms with Crippen LogP contribution in [-0.2, 0) is 28.2 Å². The molecule has 0 aliphatic carbocycles. The molecule has 1 unspecified atom stereocenters. The van der Waals surface area contributed by atoms with Crippen molar-refractivity contribution in [3.8, 4) is 0 Å². The van der Waals surface area contributed by atoms with Crippen molar-refractivity contribution in [3.63, 3.8) is 0 Å². The van der Waals surface area contributed by atoms with E-state index in [-0.39, 0.29) is 19.3 Å². The van der Waals surface area contributed by atoms with Gasteiger partial charge < -0.3 is 24.4 Å². The molecule has 0 aliphatic heterocycles. The average molecular weight is 625 g/mol. The molecular formula is C33H53O9P. The van der Waals surface area contributed by atoms with Crippen molar-refractivity contribution in [3.05, 3.63) is 72.9 Å². The highest BCUT2D eigenvalue weighted by Crippen LogP contribution is 2.35. The van der Waals surface area contributed by atoms with Gasteiger partial charge in [-0.25, -0.2) is 4.57 Å². The zero-order valence-corrected chi connectivity index (χ0v) is 26.8. The first-order valence-corrected chi connectivity index (χ1v) is 16.9. The van der Waals surface area contributed by atoms with Crippen LogP contribution in [0.25, 0.3) is 0 Å². The molecule has 10 heteroatoms. The number of hydrogen-bond acceptors (Lipinski definition) is 7. The molecule has 0 spiro atoms. The van der Waals surface area contributed by atoms with Gasteiger partial charge in [0.1, 0.15) is 6.61 Å². The fraction of sp³-hybridized carbons (Fsp3) is 0.576. The van der Waals surface area contributed by atoms with Gasteiger partial charge >= 0.3 is 19.8 Å². The molecule has 0 amide bonds. The lowest BCUT2D eigenvalue weighted by Gasteiger charge is -2.18. The number of allylic oxidation sites excluding steroid dienone is 11. The molecule has 0 rings (SSSR count). The van der Waals surface area contributed by atoms with Crippen LogP contribution in [-0.4, -0.2) is 52.3 Å². The van der Waals surface area contributed by atoms with Gasteiger partial charge in [0.2, 0.25) is 0 Å². The zero-order valence-electron chi connectivity index (χ0n) is 25.9. The van der Waals surface area contributed by atoms with E-state index in [1.807, 2.05) is 12.2 Å². The number of carbonyl (C=O) groups excluding carboxylic acids is 2.